The number of ether oxygens (including phenoxy) is 1. The summed E-state index contributed by atoms with van der Waals surface area (Å²) in [4.78, 5) is 21.6. The molecule has 44 heavy (non-hydrogen) atoms. The number of rotatable bonds is 7. The molecule has 2 aliphatic heterocycles. The van der Waals surface area contributed by atoms with Crippen molar-refractivity contribution < 1.29 is 27.8 Å². The molecule has 1 unspecified atom stereocenters. The van der Waals surface area contributed by atoms with Crippen LogP contribution in [0.2, 0.25) is 0 Å². The average Bonchev–Trinajstić information content (AvgIpc) is 3.71. The Labute approximate surface area is 250 Å². The molecule has 0 aliphatic carbocycles. The van der Waals surface area contributed by atoms with Crippen molar-refractivity contribution >= 4 is 17.7 Å². The summed E-state index contributed by atoms with van der Waals surface area (Å²) in [5, 5.41) is 21.0. The van der Waals surface area contributed by atoms with Crippen molar-refractivity contribution in [2.24, 2.45) is 12.5 Å². The number of aromatic nitrogens is 6. The number of aryl methyl sites for hydroxylation is 2. The fourth-order valence-corrected chi connectivity index (χ4v) is 6.03. The first kappa shape index (κ1) is 29.4. The molecule has 6 rings (SSSR count). The largest absolute Gasteiger partial charge is 0.480 e. The van der Waals surface area contributed by atoms with Crippen molar-refractivity contribution in [3.8, 4) is 22.7 Å². The molecule has 2 atom stereocenters. The van der Waals surface area contributed by atoms with E-state index in [1.807, 2.05) is 4.90 Å². The zero-order valence-electron chi connectivity index (χ0n) is 24.1. The number of aliphatic carboxylic acids is 1. The van der Waals surface area contributed by atoms with Gasteiger partial charge in [0.1, 0.15) is 11.9 Å². The molecule has 232 valence electrons. The molecule has 12 nitrogen and oxygen atoms in total. The number of carbonyl (C=O) groups is 1. The first-order chi connectivity index (χ1) is 20.9. The fourth-order valence-electron chi connectivity index (χ4n) is 6.03. The number of halogens is 3. The quantitative estimate of drug-likeness (QED) is 0.283. The Morgan fingerprint density at radius 2 is 1.95 bits per heavy atom. The highest BCUT2D eigenvalue weighted by Gasteiger charge is 2.46. The molecular weight excluding hydrogens is 579 g/mol. The monoisotopic (exact) mass is 611 g/mol. The third-order valence-corrected chi connectivity index (χ3v) is 8.37. The molecule has 0 saturated carbocycles. The second-order valence-corrected chi connectivity index (χ2v) is 11.5. The molecule has 5 heterocycles. The number of hydrogen-bond acceptors (Lipinski definition) is 9. The van der Waals surface area contributed by atoms with Gasteiger partial charge in [-0.1, -0.05) is 12.1 Å². The molecule has 4 N–H and O–H groups in total. The van der Waals surface area contributed by atoms with Crippen LogP contribution in [0.3, 0.4) is 0 Å². The minimum Gasteiger partial charge on any atom is -0.480 e. The third kappa shape index (κ3) is 5.91. The number of carboxylic acids is 1. The van der Waals surface area contributed by atoms with E-state index < -0.39 is 24.3 Å². The Morgan fingerprint density at radius 1 is 1.18 bits per heavy atom. The molecule has 2 saturated heterocycles. The number of nitrogens with one attached hydrogen (secondary N) is 1. The van der Waals surface area contributed by atoms with Gasteiger partial charge in [0.25, 0.3) is 0 Å². The second-order valence-electron chi connectivity index (χ2n) is 11.5. The van der Waals surface area contributed by atoms with Gasteiger partial charge in [0.2, 0.25) is 17.9 Å². The number of anilines is 2. The Hall–Kier alpha value is -4.66. The first-order valence-corrected chi connectivity index (χ1v) is 14.1. The van der Waals surface area contributed by atoms with Gasteiger partial charge in [0, 0.05) is 56.3 Å². The van der Waals surface area contributed by atoms with Gasteiger partial charge in [0.15, 0.2) is 0 Å². The summed E-state index contributed by atoms with van der Waals surface area (Å²) >= 11 is 0. The summed E-state index contributed by atoms with van der Waals surface area (Å²) in [5.74, 6) is -1.06. The number of alkyl halides is 3. The maximum Gasteiger partial charge on any atom is 0.429 e. The standard InChI is InChI=1S/C29H32F3N9O3/c1-17-5-8-41(38-17)22-11-18(19-14-35-39(2)15-19)3-4-20(22)25(29(30,31)32)44-24-12-23(36-27(33)37-24)40-9-6-28(7-10-40)13-21(26(42)43)34-16-28/h3-5,8,11-12,14-15,21,25,34H,6-7,9-10,13,16H2,1-2H3,(H,42,43)(H2,33,36,37)/t21-,25?/m0/s1. The van der Waals surface area contributed by atoms with Crippen LogP contribution in [0.5, 0.6) is 5.88 Å². The lowest BCUT2D eigenvalue weighted by molar-refractivity contribution is -0.198. The number of piperidine rings is 1. The van der Waals surface area contributed by atoms with E-state index in [1.54, 1.807) is 55.4 Å². The zero-order valence-corrected chi connectivity index (χ0v) is 24.1. The number of nitrogens with zero attached hydrogens (tertiary/aromatic N) is 7. The summed E-state index contributed by atoms with van der Waals surface area (Å²) in [6.07, 6.45) is -0.290. The first-order valence-electron chi connectivity index (χ1n) is 14.1. The predicted octanol–water partition coefficient (Wildman–Crippen LogP) is 3.67. The van der Waals surface area contributed by atoms with Crippen molar-refractivity contribution in [3.05, 3.63) is 60.2 Å². The van der Waals surface area contributed by atoms with Gasteiger partial charge < -0.3 is 25.8 Å². The van der Waals surface area contributed by atoms with Crippen LogP contribution in [-0.4, -0.2) is 72.5 Å². The number of benzene rings is 1. The van der Waals surface area contributed by atoms with E-state index in [0.717, 1.165) is 5.56 Å². The van der Waals surface area contributed by atoms with Crippen LogP contribution in [0.25, 0.3) is 16.8 Å². The van der Waals surface area contributed by atoms with Gasteiger partial charge in [-0.25, -0.2) is 4.68 Å². The van der Waals surface area contributed by atoms with Crippen LogP contribution in [0.15, 0.2) is 48.9 Å². The van der Waals surface area contributed by atoms with E-state index >= 15 is 0 Å². The topological polar surface area (TPSA) is 149 Å². The van der Waals surface area contributed by atoms with Crippen molar-refractivity contribution in [1.82, 2.24) is 34.8 Å². The summed E-state index contributed by atoms with van der Waals surface area (Å²) < 4.78 is 52.8. The lowest BCUT2D eigenvalue weighted by Gasteiger charge is -2.39. The van der Waals surface area contributed by atoms with Gasteiger partial charge in [-0.05, 0) is 49.3 Å². The van der Waals surface area contributed by atoms with E-state index in [4.69, 9.17) is 10.5 Å². The van der Waals surface area contributed by atoms with Gasteiger partial charge in [0.05, 0.1) is 17.6 Å². The van der Waals surface area contributed by atoms with E-state index in [2.05, 4.69) is 25.5 Å². The number of hydrogen-bond donors (Lipinski definition) is 3. The number of nitrogens with two attached hydrogens (primary N) is 1. The number of carboxylic acid groups (broad SMARTS) is 1. The van der Waals surface area contributed by atoms with E-state index in [1.165, 1.54) is 16.8 Å². The Morgan fingerprint density at radius 3 is 2.57 bits per heavy atom. The van der Waals surface area contributed by atoms with Crippen molar-refractivity contribution in [2.75, 3.05) is 30.3 Å². The molecule has 15 heteroatoms. The summed E-state index contributed by atoms with van der Waals surface area (Å²) in [6.45, 7) is 3.42. The molecule has 2 aliphatic rings. The van der Waals surface area contributed by atoms with Gasteiger partial charge in [-0.2, -0.15) is 33.3 Å². The van der Waals surface area contributed by atoms with Gasteiger partial charge >= 0.3 is 12.1 Å². The molecule has 0 amide bonds. The van der Waals surface area contributed by atoms with E-state index in [9.17, 15) is 23.1 Å². The van der Waals surface area contributed by atoms with E-state index in [-0.39, 0.29) is 28.5 Å². The molecule has 0 radical (unpaired) electrons. The predicted molar refractivity (Wildman–Crippen MR) is 154 cm³/mol. The van der Waals surface area contributed by atoms with Gasteiger partial charge in [-0.15, -0.1) is 0 Å². The molecule has 1 spiro atoms. The maximum atomic E-state index is 14.7. The third-order valence-electron chi connectivity index (χ3n) is 8.37. The molecule has 0 bridgehead atoms. The van der Waals surface area contributed by atoms with E-state index in [0.29, 0.717) is 56.0 Å². The smallest absolute Gasteiger partial charge is 0.429 e. The highest BCUT2D eigenvalue weighted by molar-refractivity contribution is 5.74. The fraction of sp³-hybridized carbons (Fsp3) is 0.414. The lowest BCUT2D eigenvalue weighted by atomic mass is 9.76. The van der Waals surface area contributed by atoms with Crippen LogP contribution < -0.4 is 20.7 Å². The molecule has 3 aromatic heterocycles. The minimum atomic E-state index is -4.82. The summed E-state index contributed by atoms with van der Waals surface area (Å²) in [6, 6.07) is 7.07. The normalized spacial score (nSPS) is 18.9. The highest BCUT2D eigenvalue weighted by atomic mass is 19.4. The SMILES string of the molecule is Cc1ccn(-c2cc(-c3cnn(C)c3)ccc2C(Oc2cc(N3CCC4(CC3)CN[C@H](C(=O)O)C4)nc(N)n2)C(F)(F)F)n1. The second kappa shape index (κ2) is 11.1. The van der Waals surface area contributed by atoms with Crippen LogP contribution >= 0.6 is 0 Å². The lowest BCUT2D eigenvalue weighted by Crippen LogP contribution is -2.41. The summed E-state index contributed by atoms with van der Waals surface area (Å²) in [7, 11) is 1.76. The molecule has 1 aromatic carbocycles. The minimum absolute atomic E-state index is 0.151. The Balaban J connectivity index is 1.30. The highest BCUT2D eigenvalue weighted by Crippen LogP contribution is 2.42. The number of nitrogen functional groups attached to an aromatic ring is 1. The average molecular weight is 612 g/mol. The maximum absolute atomic E-state index is 14.7. The zero-order chi connectivity index (χ0) is 31.2. The van der Waals surface area contributed by atoms with Crippen LogP contribution in [0.4, 0.5) is 24.9 Å². The van der Waals surface area contributed by atoms with Crippen LogP contribution in [0, 0.1) is 12.3 Å². The van der Waals surface area contributed by atoms with Crippen molar-refractivity contribution in [1.29, 1.82) is 0 Å². The van der Waals surface area contributed by atoms with Gasteiger partial charge in [-0.3, -0.25) is 9.48 Å². The van der Waals surface area contributed by atoms with Crippen molar-refractivity contribution in [3.63, 3.8) is 0 Å². The molecule has 4 aromatic rings. The summed E-state index contributed by atoms with van der Waals surface area (Å²) in [5.41, 5.74) is 7.87. The molecular formula is C29H32F3N9O3. The van der Waals surface area contributed by atoms with Crippen molar-refractivity contribution in [2.45, 2.75) is 44.5 Å². The molecule has 2 fully saturated rings. The van der Waals surface area contributed by atoms with Crippen LogP contribution in [-0.2, 0) is 11.8 Å². The van der Waals surface area contributed by atoms with Crippen LogP contribution in [0.1, 0.15) is 36.6 Å². The Bertz CT molecular complexity index is 1680. The Kier molecular flexibility index (Phi) is 7.43.